The van der Waals surface area contributed by atoms with Crippen LogP contribution in [0, 0.1) is 11.3 Å². The summed E-state index contributed by atoms with van der Waals surface area (Å²) >= 11 is 5.85. The predicted molar refractivity (Wildman–Crippen MR) is 76.2 cm³/mol. The quantitative estimate of drug-likeness (QED) is 0.593. The van der Waals surface area contributed by atoms with Gasteiger partial charge in [0.1, 0.15) is 11.9 Å². The van der Waals surface area contributed by atoms with Crippen molar-refractivity contribution < 1.29 is 4.79 Å². The fourth-order valence-electron chi connectivity index (χ4n) is 1.56. The molecule has 7 heteroatoms. The van der Waals surface area contributed by atoms with Gasteiger partial charge in [-0.05, 0) is 30.3 Å². The van der Waals surface area contributed by atoms with Crippen molar-refractivity contribution in [3.63, 3.8) is 0 Å². The van der Waals surface area contributed by atoms with E-state index < -0.39 is 0 Å². The Morgan fingerprint density at radius 1 is 1.35 bits per heavy atom. The van der Waals surface area contributed by atoms with Crippen molar-refractivity contribution in [2.75, 3.05) is 10.7 Å². The SMILES string of the molecule is N#Cc1ccc(Cl)cc1NC(=O)c1ccnc(NN)c1. The van der Waals surface area contributed by atoms with Crippen LogP contribution in [-0.2, 0) is 0 Å². The molecule has 100 valence electrons. The van der Waals surface area contributed by atoms with Gasteiger partial charge in [0, 0.05) is 16.8 Å². The largest absolute Gasteiger partial charge is 0.321 e. The molecule has 0 radical (unpaired) electrons. The molecule has 0 aliphatic heterocycles. The summed E-state index contributed by atoms with van der Waals surface area (Å²) in [6.45, 7) is 0. The Hall–Kier alpha value is -2.62. The lowest BCUT2D eigenvalue weighted by atomic mass is 10.1. The summed E-state index contributed by atoms with van der Waals surface area (Å²) in [5, 5.41) is 12.1. The Balaban J connectivity index is 2.28. The zero-order chi connectivity index (χ0) is 14.5. The maximum absolute atomic E-state index is 12.1. The molecule has 2 rings (SSSR count). The van der Waals surface area contributed by atoms with E-state index in [-0.39, 0.29) is 5.91 Å². The summed E-state index contributed by atoms with van der Waals surface area (Å²) in [6, 6.07) is 9.65. The van der Waals surface area contributed by atoms with E-state index in [0.717, 1.165) is 0 Å². The first-order valence-corrected chi connectivity index (χ1v) is 5.95. The summed E-state index contributed by atoms with van der Waals surface area (Å²) in [4.78, 5) is 16.0. The van der Waals surface area contributed by atoms with Gasteiger partial charge in [-0.2, -0.15) is 5.26 Å². The molecule has 0 fully saturated rings. The van der Waals surface area contributed by atoms with E-state index >= 15 is 0 Å². The number of aromatic nitrogens is 1. The normalized spacial score (nSPS) is 9.65. The maximum Gasteiger partial charge on any atom is 0.255 e. The second kappa shape index (κ2) is 6.02. The Morgan fingerprint density at radius 2 is 2.15 bits per heavy atom. The van der Waals surface area contributed by atoms with Gasteiger partial charge in [-0.25, -0.2) is 10.8 Å². The van der Waals surface area contributed by atoms with Crippen LogP contribution in [0.2, 0.25) is 5.02 Å². The smallest absolute Gasteiger partial charge is 0.255 e. The molecule has 1 aromatic heterocycles. The summed E-state index contributed by atoms with van der Waals surface area (Å²) in [7, 11) is 0. The lowest BCUT2D eigenvalue weighted by molar-refractivity contribution is 0.102. The number of nitrogens with one attached hydrogen (secondary N) is 2. The van der Waals surface area contributed by atoms with Gasteiger partial charge in [0.05, 0.1) is 11.3 Å². The molecule has 0 bridgehead atoms. The zero-order valence-corrected chi connectivity index (χ0v) is 11.0. The summed E-state index contributed by atoms with van der Waals surface area (Å²) in [5.41, 5.74) is 3.39. The predicted octanol–water partition coefficient (Wildman–Crippen LogP) is 2.14. The zero-order valence-electron chi connectivity index (χ0n) is 10.2. The van der Waals surface area contributed by atoms with Gasteiger partial charge < -0.3 is 10.7 Å². The van der Waals surface area contributed by atoms with E-state index in [2.05, 4.69) is 15.7 Å². The number of amides is 1. The van der Waals surface area contributed by atoms with Gasteiger partial charge in [-0.1, -0.05) is 11.6 Å². The average molecular weight is 288 g/mol. The van der Waals surface area contributed by atoms with E-state index in [1.165, 1.54) is 30.5 Å². The fraction of sp³-hybridized carbons (Fsp3) is 0. The van der Waals surface area contributed by atoms with Crippen LogP contribution >= 0.6 is 11.6 Å². The molecule has 0 aliphatic rings. The first-order valence-electron chi connectivity index (χ1n) is 5.57. The Bertz CT molecular complexity index is 695. The Kier molecular flexibility index (Phi) is 4.15. The number of rotatable bonds is 3. The van der Waals surface area contributed by atoms with E-state index in [9.17, 15) is 4.79 Å². The molecule has 6 nitrogen and oxygen atoms in total. The van der Waals surface area contributed by atoms with Crippen LogP contribution in [0.15, 0.2) is 36.5 Å². The van der Waals surface area contributed by atoms with Crippen LogP contribution < -0.4 is 16.6 Å². The van der Waals surface area contributed by atoms with Crippen LogP contribution in [0.4, 0.5) is 11.5 Å². The number of carbonyl (C=O) groups excluding carboxylic acids is 1. The van der Waals surface area contributed by atoms with Gasteiger partial charge >= 0.3 is 0 Å². The number of nitriles is 1. The summed E-state index contributed by atoms with van der Waals surface area (Å²) in [6.07, 6.45) is 1.45. The fourth-order valence-corrected chi connectivity index (χ4v) is 1.73. The highest BCUT2D eigenvalue weighted by atomic mass is 35.5. The number of anilines is 2. The number of hydrazine groups is 1. The number of nitrogens with two attached hydrogens (primary N) is 1. The van der Waals surface area contributed by atoms with Gasteiger partial charge in [0.15, 0.2) is 0 Å². The molecule has 0 unspecified atom stereocenters. The van der Waals surface area contributed by atoms with Gasteiger partial charge in [0.25, 0.3) is 5.91 Å². The van der Waals surface area contributed by atoms with Crippen LogP contribution in [0.1, 0.15) is 15.9 Å². The van der Waals surface area contributed by atoms with Crippen molar-refractivity contribution >= 4 is 29.0 Å². The first kappa shape index (κ1) is 13.8. The molecular formula is C13H10ClN5O. The highest BCUT2D eigenvalue weighted by Crippen LogP contribution is 2.21. The molecule has 0 atom stereocenters. The average Bonchev–Trinajstić information content (AvgIpc) is 2.47. The minimum Gasteiger partial charge on any atom is -0.321 e. The number of carbonyl (C=O) groups is 1. The Labute approximate surface area is 120 Å². The van der Waals surface area contributed by atoms with Crippen molar-refractivity contribution in [2.45, 2.75) is 0 Å². The van der Waals surface area contributed by atoms with Crippen LogP contribution in [0.5, 0.6) is 0 Å². The maximum atomic E-state index is 12.1. The molecule has 2 aromatic rings. The standard InChI is InChI=1S/C13H10ClN5O/c14-10-2-1-9(7-15)11(6-10)18-13(20)8-3-4-17-12(5-8)19-16/h1-6H,16H2,(H,17,19)(H,18,20). The first-order chi connectivity index (χ1) is 9.63. The number of nitrogen functional groups attached to an aromatic ring is 1. The number of benzene rings is 1. The highest BCUT2D eigenvalue weighted by molar-refractivity contribution is 6.31. The van der Waals surface area contributed by atoms with Gasteiger partial charge in [0.2, 0.25) is 0 Å². The monoisotopic (exact) mass is 287 g/mol. The molecular weight excluding hydrogens is 278 g/mol. The molecule has 1 aromatic carbocycles. The van der Waals surface area contributed by atoms with Crippen LogP contribution in [0.25, 0.3) is 0 Å². The lowest BCUT2D eigenvalue weighted by Crippen LogP contribution is -2.15. The minimum atomic E-state index is -0.386. The van der Waals surface area contributed by atoms with E-state index in [1.54, 1.807) is 6.07 Å². The van der Waals surface area contributed by atoms with Crippen molar-refractivity contribution in [3.8, 4) is 6.07 Å². The third-order valence-electron chi connectivity index (χ3n) is 2.52. The van der Waals surface area contributed by atoms with Crippen molar-refractivity contribution in [2.24, 2.45) is 5.84 Å². The lowest BCUT2D eigenvalue weighted by Gasteiger charge is -2.08. The Morgan fingerprint density at radius 3 is 2.85 bits per heavy atom. The minimum absolute atomic E-state index is 0.328. The van der Waals surface area contributed by atoms with E-state index in [4.69, 9.17) is 22.7 Å². The molecule has 1 amide bonds. The molecule has 0 saturated heterocycles. The molecule has 0 aliphatic carbocycles. The number of nitrogens with zero attached hydrogens (tertiary/aromatic N) is 2. The second-order valence-electron chi connectivity index (χ2n) is 3.83. The number of pyridine rings is 1. The molecule has 4 N–H and O–H groups in total. The topological polar surface area (TPSA) is 104 Å². The third-order valence-corrected chi connectivity index (χ3v) is 2.76. The van der Waals surface area contributed by atoms with Crippen molar-refractivity contribution in [3.05, 3.63) is 52.7 Å². The molecule has 0 saturated carbocycles. The second-order valence-corrected chi connectivity index (χ2v) is 4.27. The third kappa shape index (κ3) is 3.03. The van der Waals surface area contributed by atoms with Gasteiger partial charge in [-0.15, -0.1) is 0 Å². The number of halogens is 1. The van der Waals surface area contributed by atoms with E-state index in [1.807, 2.05) is 6.07 Å². The van der Waals surface area contributed by atoms with E-state index in [0.29, 0.717) is 27.7 Å². The molecule has 1 heterocycles. The number of hydrogen-bond acceptors (Lipinski definition) is 5. The molecule has 0 spiro atoms. The van der Waals surface area contributed by atoms with Crippen LogP contribution in [0.3, 0.4) is 0 Å². The number of hydrogen-bond donors (Lipinski definition) is 3. The summed E-state index contributed by atoms with van der Waals surface area (Å²) in [5.74, 6) is 5.21. The molecule has 20 heavy (non-hydrogen) atoms. The van der Waals surface area contributed by atoms with Crippen LogP contribution in [-0.4, -0.2) is 10.9 Å². The summed E-state index contributed by atoms with van der Waals surface area (Å²) < 4.78 is 0. The van der Waals surface area contributed by atoms with Crippen molar-refractivity contribution in [1.82, 2.24) is 4.98 Å². The highest BCUT2D eigenvalue weighted by Gasteiger charge is 2.10. The van der Waals surface area contributed by atoms with Crippen molar-refractivity contribution in [1.29, 1.82) is 5.26 Å². The van der Waals surface area contributed by atoms with Gasteiger partial charge in [-0.3, -0.25) is 4.79 Å².